The molecule has 3 amide bonds. The summed E-state index contributed by atoms with van der Waals surface area (Å²) < 4.78 is 20.3. The molecule has 0 radical (unpaired) electrons. The highest BCUT2D eigenvalue weighted by Gasteiger charge is 2.33. The van der Waals surface area contributed by atoms with Crippen LogP contribution in [0.5, 0.6) is 0 Å². The number of fused-ring (bicyclic) bond motifs is 1. The third-order valence-corrected chi connectivity index (χ3v) is 5.21. The van der Waals surface area contributed by atoms with E-state index in [4.69, 9.17) is 16.3 Å². The molecule has 2 aromatic rings. The standard InChI is InChI=1S/C18H19ClFN5O3/c1-11-8-25-16(15(7-21-25)23-4-5-28-10-17(23)26)9-24(11)18(27)22-12-2-3-14(20)13(19)6-12/h2-3,6-7,11H,4-5,8-10H2,1H3,(H,22,27). The monoisotopic (exact) mass is 407 g/mol. The van der Waals surface area contributed by atoms with Crippen LogP contribution in [0.1, 0.15) is 12.6 Å². The molecular weight excluding hydrogens is 389 g/mol. The molecular formula is C18H19ClFN5O3. The second-order valence-electron chi connectivity index (χ2n) is 6.79. The van der Waals surface area contributed by atoms with Gasteiger partial charge in [0, 0.05) is 12.2 Å². The number of aromatic nitrogens is 2. The number of halogens is 2. The van der Waals surface area contributed by atoms with E-state index in [0.717, 1.165) is 5.69 Å². The molecule has 148 valence electrons. The third-order valence-electron chi connectivity index (χ3n) is 4.92. The van der Waals surface area contributed by atoms with Crippen LogP contribution in [0.3, 0.4) is 0 Å². The molecule has 8 nitrogen and oxygen atoms in total. The molecule has 28 heavy (non-hydrogen) atoms. The third kappa shape index (κ3) is 3.43. The van der Waals surface area contributed by atoms with E-state index in [1.165, 1.54) is 18.2 Å². The van der Waals surface area contributed by atoms with Crippen molar-refractivity contribution in [3.05, 3.63) is 40.9 Å². The van der Waals surface area contributed by atoms with Gasteiger partial charge in [-0.2, -0.15) is 5.10 Å². The summed E-state index contributed by atoms with van der Waals surface area (Å²) in [6.45, 7) is 3.67. The molecule has 1 fully saturated rings. The summed E-state index contributed by atoms with van der Waals surface area (Å²) in [6, 6.07) is 3.58. The summed E-state index contributed by atoms with van der Waals surface area (Å²) in [5.41, 5.74) is 1.90. The number of carbonyl (C=O) groups excluding carboxylic acids is 2. The fourth-order valence-corrected chi connectivity index (χ4v) is 3.61. The van der Waals surface area contributed by atoms with Gasteiger partial charge in [0.05, 0.1) is 48.3 Å². The molecule has 2 aliphatic rings. The molecule has 1 aromatic carbocycles. The Morgan fingerprint density at radius 3 is 3.00 bits per heavy atom. The lowest BCUT2D eigenvalue weighted by molar-refractivity contribution is -0.125. The SMILES string of the molecule is CC1Cn2ncc(N3CCOCC3=O)c2CN1C(=O)Nc1ccc(F)c(Cl)c1. The van der Waals surface area contributed by atoms with Gasteiger partial charge in [-0.05, 0) is 25.1 Å². The summed E-state index contributed by atoms with van der Waals surface area (Å²) in [5, 5.41) is 7.07. The molecule has 1 atom stereocenters. The molecule has 0 saturated carbocycles. The first-order valence-corrected chi connectivity index (χ1v) is 9.27. The number of ether oxygens (including phenoxy) is 1. The van der Waals surface area contributed by atoms with Crippen molar-refractivity contribution in [3.63, 3.8) is 0 Å². The average molecular weight is 408 g/mol. The molecule has 0 spiro atoms. The van der Waals surface area contributed by atoms with E-state index >= 15 is 0 Å². The van der Waals surface area contributed by atoms with Gasteiger partial charge in [0.25, 0.3) is 5.91 Å². The van der Waals surface area contributed by atoms with Crippen molar-refractivity contribution in [1.82, 2.24) is 14.7 Å². The van der Waals surface area contributed by atoms with E-state index in [2.05, 4.69) is 10.4 Å². The van der Waals surface area contributed by atoms with Crippen LogP contribution in [0.4, 0.5) is 20.6 Å². The Balaban J connectivity index is 1.55. The van der Waals surface area contributed by atoms with Gasteiger partial charge >= 0.3 is 6.03 Å². The average Bonchev–Trinajstić information content (AvgIpc) is 3.07. The van der Waals surface area contributed by atoms with Crippen LogP contribution in [0.15, 0.2) is 24.4 Å². The smallest absolute Gasteiger partial charge is 0.322 e. The zero-order chi connectivity index (χ0) is 19.8. The Hall–Kier alpha value is -2.65. The number of urea groups is 1. The van der Waals surface area contributed by atoms with Crippen molar-refractivity contribution in [1.29, 1.82) is 0 Å². The quantitative estimate of drug-likeness (QED) is 0.829. The van der Waals surface area contributed by atoms with Crippen LogP contribution in [-0.2, 0) is 22.6 Å². The van der Waals surface area contributed by atoms with E-state index in [1.54, 1.807) is 16.0 Å². The zero-order valence-corrected chi connectivity index (χ0v) is 15.9. The zero-order valence-electron chi connectivity index (χ0n) is 15.2. The number of benzene rings is 1. The van der Waals surface area contributed by atoms with Gasteiger partial charge < -0.3 is 19.9 Å². The molecule has 2 aliphatic heterocycles. The van der Waals surface area contributed by atoms with E-state index in [9.17, 15) is 14.0 Å². The summed E-state index contributed by atoms with van der Waals surface area (Å²) >= 11 is 5.79. The Kier molecular flexibility index (Phi) is 4.94. The van der Waals surface area contributed by atoms with Crippen LogP contribution in [0, 0.1) is 5.82 Å². The van der Waals surface area contributed by atoms with Crippen molar-refractivity contribution >= 4 is 34.9 Å². The minimum atomic E-state index is -0.547. The van der Waals surface area contributed by atoms with Crippen molar-refractivity contribution < 1.29 is 18.7 Å². The van der Waals surface area contributed by atoms with Gasteiger partial charge in [-0.15, -0.1) is 0 Å². The number of morpholine rings is 1. The van der Waals surface area contributed by atoms with Gasteiger partial charge in [0.1, 0.15) is 12.4 Å². The fraction of sp³-hybridized carbons (Fsp3) is 0.389. The lowest BCUT2D eigenvalue weighted by Gasteiger charge is -2.35. The minimum Gasteiger partial charge on any atom is -0.370 e. The number of rotatable bonds is 2. The highest BCUT2D eigenvalue weighted by molar-refractivity contribution is 6.31. The van der Waals surface area contributed by atoms with Crippen molar-refractivity contribution in [3.8, 4) is 0 Å². The predicted octanol–water partition coefficient (Wildman–Crippen LogP) is 2.48. The highest BCUT2D eigenvalue weighted by Crippen LogP contribution is 2.28. The molecule has 10 heteroatoms. The lowest BCUT2D eigenvalue weighted by Crippen LogP contribution is -2.48. The van der Waals surface area contributed by atoms with Crippen LogP contribution in [0.2, 0.25) is 5.02 Å². The summed E-state index contributed by atoms with van der Waals surface area (Å²) in [4.78, 5) is 28.3. The summed E-state index contributed by atoms with van der Waals surface area (Å²) in [6.07, 6.45) is 1.66. The minimum absolute atomic E-state index is 0.0382. The molecule has 1 unspecified atom stereocenters. The van der Waals surface area contributed by atoms with E-state index in [1.807, 2.05) is 11.6 Å². The van der Waals surface area contributed by atoms with Gasteiger partial charge in [0.15, 0.2) is 0 Å². The van der Waals surface area contributed by atoms with Gasteiger partial charge in [-0.1, -0.05) is 11.6 Å². The van der Waals surface area contributed by atoms with Crippen LogP contribution < -0.4 is 10.2 Å². The van der Waals surface area contributed by atoms with E-state index in [-0.39, 0.29) is 29.6 Å². The molecule has 1 saturated heterocycles. The predicted molar refractivity (Wildman–Crippen MR) is 101 cm³/mol. The first kappa shape index (κ1) is 18.7. The number of carbonyl (C=O) groups is 2. The second-order valence-corrected chi connectivity index (χ2v) is 7.20. The van der Waals surface area contributed by atoms with Gasteiger partial charge in [-0.3, -0.25) is 9.48 Å². The second kappa shape index (κ2) is 7.40. The maximum atomic E-state index is 13.3. The summed E-state index contributed by atoms with van der Waals surface area (Å²) in [5.74, 6) is -0.674. The Morgan fingerprint density at radius 2 is 2.25 bits per heavy atom. The largest absolute Gasteiger partial charge is 0.370 e. The van der Waals surface area contributed by atoms with Crippen LogP contribution in [-0.4, -0.2) is 52.4 Å². The molecule has 0 aliphatic carbocycles. The molecule has 1 aromatic heterocycles. The molecule has 0 bridgehead atoms. The maximum absolute atomic E-state index is 13.3. The fourth-order valence-electron chi connectivity index (χ4n) is 3.43. The normalized spacial score (nSPS) is 19.5. The van der Waals surface area contributed by atoms with Crippen molar-refractivity contribution in [2.45, 2.75) is 26.1 Å². The number of anilines is 2. The number of amides is 3. The highest BCUT2D eigenvalue weighted by atomic mass is 35.5. The Labute approximate surface area is 165 Å². The Bertz CT molecular complexity index is 934. The summed E-state index contributed by atoms with van der Waals surface area (Å²) in [7, 11) is 0. The maximum Gasteiger partial charge on any atom is 0.322 e. The van der Waals surface area contributed by atoms with Crippen molar-refractivity contribution in [2.24, 2.45) is 0 Å². The molecule has 3 heterocycles. The van der Waals surface area contributed by atoms with E-state index in [0.29, 0.717) is 37.6 Å². The molecule has 4 rings (SSSR count). The lowest BCUT2D eigenvalue weighted by atomic mass is 10.2. The van der Waals surface area contributed by atoms with Crippen LogP contribution in [0.25, 0.3) is 0 Å². The van der Waals surface area contributed by atoms with Gasteiger partial charge in [0.2, 0.25) is 0 Å². The number of hydrogen-bond donors (Lipinski definition) is 1. The van der Waals surface area contributed by atoms with Crippen molar-refractivity contribution in [2.75, 3.05) is 30.0 Å². The van der Waals surface area contributed by atoms with Gasteiger partial charge in [-0.25, -0.2) is 9.18 Å². The Morgan fingerprint density at radius 1 is 1.43 bits per heavy atom. The number of nitrogens with zero attached hydrogens (tertiary/aromatic N) is 4. The number of nitrogens with one attached hydrogen (secondary N) is 1. The van der Waals surface area contributed by atoms with Crippen LogP contribution >= 0.6 is 11.6 Å². The topological polar surface area (TPSA) is 79.7 Å². The first-order valence-electron chi connectivity index (χ1n) is 8.89. The van der Waals surface area contributed by atoms with E-state index < -0.39 is 5.82 Å². The number of hydrogen-bond acceptors (Lipinski definition) is 4. The first-order chi connectivity index (χ1) is 13.4. The molecule has 1 N–H and O–H groups in total.